The Kier molecular flexibility index (Phi) is 9.51. The molecule has 7 heteroatoms. The highest BCUT2D eigenvalue weighted by atomic mass is 32.1. The molecule has 1 fully saturated rings. The lowest BCUT2D eigenvalue weighted by atomic mass is 9.93. The van der Waals surface area contributed by atoms with Crippen LogP contribution in [0.4, 0.5) is 0 Å². The fraction of sp³-hybridized carbons (Fsp3) is 0.800. The van der Waals surface area contributed by atoms with Crippen molar-refractivity contribution in [2.75, 3.05) is 46.6 Å². The Hall–Kier alpha value is -1.18. The van der Waals surface area contributed by atoms with Gasteiger partial charge in [0.05, 0.1) is 10.7 Å². The van der Waals surface area contributed by atoms with E-state index in [1.54, 1.807) is 18.4 Å². The Morgan fingerprint density at radius 1 is 1.30 bits per heavy atom. The lowest BCUT2D eigenvalue weighted by molar-refractivity contribution is 0.0203. The summed E-state index contributed by atoms with van der Waals surface area (Å²) in [6.07, 6.45) is 4.15. The summed E-state index contributed by atoms with van der Waals surface area (Å²) in [7, 11) is 1.80. The van der Waals surface area contributed by atoms with Crippen LogP contribution in [0, 0.1) is 5.92 Å². The molecule has 0 saturated carbocycles. The van der Waals surface area contributed by atoms with E-state index >= 15 is 0 Å². The molecule has 2 heterocycles. The molecule has 0 bridgehead atoms. The van der Waals surface area contributed by atoms with E-state index in [9.17, 15) is 0 Å². The van der Waals surface area contributed by atoms with Gasteiger partial charge in [-0.15, -0.1) is 11.3 Å². The van der Waals surface area contributed by atoms with Crippen molar-refractivity contribution in [2.24, 2.45) is 10.9 Å². The molecule has 0 unspecified atom stereocenters. The van der Waals surface area contributed by atoms with Crippen LogP contribution in [0.1, 0.15) is 50.7 Å². The van der Waals surface area contributed by atoms with Crippen LogP contribution in [0.25, 0.3) is 0 Å². The van der Waals surface area contributed by atoms with Crippen molar-refractivity contribution in [1.82, 2.24) is 15.6 Å². The number of rotatable bonds is 9. The smallest absolute Gasteiger partial charge is 0.190 e. The van der Waals surface area contributed by atoms with Crippen molar-refractivity contribution >= 4 is 17.3 Å². The van der Waals surface area contributed by atoms with Crippen molar-refractivity contribution in [3.63, 3.8) is 0 Å². The summed E-state index contributed by atoms with van der Waals surface area (Å²) in [5.74, 6) is 1.51. The van der Waals surface area contributed by atoms with Gasteiger partial charge in [-0.3, -0.25) is 4.99 Å². The number of aliphatic imine (C=N–C) groups is 1. The molecule has 0 spiro atoms. The number of aromatic nitrogens is 1. The summed E-state index contributed by atoms with van der Waals surface area (Å²) in [6, 6.07) is 0. The van der Waals surface area contributed by atoms with Crippen LogP contribution < -0.4 is 10.6 Å². The van der Waals surface area contributed by atoms with Crippen LogP contribution in [0.2, 0.25) is 0 Å². The van der Waals surface area contributed by atoms with E-state index in [2.05, 4.69) is 41.8 Å². The minimum Gasteiger partial charge on any atom is -0.381 e. The van der Waals surface area contributed by atoms with Gasteiger partial charge in [-0.25, -0.2) is 4.98 Å². The highest BCUT2D eigenvalue weighted by Gasteiger charge is 2.17. The summed E-state index contributed by atoms with van der Waals surface area (Å²) in [5, 5.41) is 10.0. The first-order valence-corrected chi connectivity index (χ1v) is 10.9. The number of nitrogens with one attached hydrogen (secondary N) is 2. The van der Waals surface area contributed by atoms with Gasteiger partial charge in [0.1, 0.15) is 0 Å². The average Bonchev–Trinajstić information content (AvgIpc) is 3.13. The SMILES string of the molecule is CN=C(NCCCOCC1CCOCC1)NCCc1nc(C(C)(C)C)cs1. The maximum atomic E-state index is 5.79. The molecule has 1 aromatic heterocycles. The second-order valence-electron chi connectivity index (χ2n) is 8.04. The molecule has 6 nitrogen and oxygen atoms in total. The molecule has 0 aromatic carbocycles. The van der Waals surface area contributed by atoms with E-state index < -0.39 is 0 Å². The minimum absolute atomic E-state index is 0.118. The zero-order valence-electron chi connectivity index (χ0n) is 17.3. The Bertz CT molecular complexity index is 563. The maximum Gasteiger partial charge on any atom is 0.190 e. The molecular formula is C20H36N4O2S. The minimum atomic E-state index is 0.118. The number of nitrogens with zero attached hydrogens (tertiary/aromatic N) is 2. The Labute approximate surface area is 168 Å². The summed E-state index contributed by atoms with van der Waals surface area (Å²) in [5.41, 5.74) is 1.29. The summed E-state index contributed by atoms with van der Waals surface area (Å²) in [6.45, 7) is 11.7. The highest BCUT2D eigenvalue weighted by Crippen LogP contribution is 2.23. The van der Waals surface area contributed by atoms with Gasteiger partial charge in [0.25, 0.3) is 0 Å². The van der Waals surface area contributed by atoms with Crippen molar-refractivity contribution in [3.05, 3.63) is 16.1 Å². The number of thiazole rings is 1. The van der Waals surface area contributed by atoms with Crippen molar-refractivity contribution < 1.29 is 9.47 Å². The van der Waals surface area contributed by atoms with E-state index in [-0.39, 0.29) is 5.41 Å². The van der Waals surface area contributed by atoms with Crippen LogP contribution >= 0.6 is 11.3 Å². The van der Waals surface area contributed by atoms with Crippen molar-refractivity contribution in [3.8, 4) is 0 Å². The predicted octanol–water partition coefficient (Wildman–Crippen LogP) is 2.98. The molecule has 2 N–H and O–H groups in total. The van der Waals surface area contributed by atoms with E-state index in [4.69, 9.17) is 14.5 Å². The largest absolute Gasteiger partial charge is 0.381 e. The van der Waals surface area contributed by atoms with Crippen LogP contribution in [0.15, 0.2) is 10.4 Å². The van der Waals surface area contributed by atoms with Gasteiger partial charge in [-0.1, -0.05) is 20.8 Å². The van der Waals surface area contributed by atoms with Crippen LogP contribution in [-0.4, -0.2) is 57.5 Å². The Balaban J connectivity index is 1.53. The van der Waals surface area contributed by atoms with Gasteiger partial charge >= 0.3 is 0 Å². The van der Waals surface area contributed by atoms with Gasteiger partial charge < -0.3 is 20.1 Å². The van der Waals surface area contributed by atoms with Gasteiger partial charge in [-0.2, -0.15) is 0 Å². The first kappa shape index (κ1) is 22.1. The van der Waals surface area contributed by atoms with Gasteiger partial charge in [-0.05, 0) is 25.2 Å². The van der Waals surface area contributed by atoms with Gasteiger partial charge in [0, 0.05) is 63.8 Å². The molecule has 2 rings (SSSR count). The third kappa shape index (κ3) is 8.58. The maximum absolute atomic E-state index is 5.79. The van der Waals surface area contributed by atoms with Crippen molar-refractivity contribution in [2.45, 2.75) is 51.9 Å². The summed E-state index contributed by atoms with van der Waals surface area (Å²) in [4.78, 5) is 9.01. The summed E-state index contributed by atoms with van der Waals surface area (Å²) < 4.78 is 11.2. The second kappa shape index (κ2) is 11.6. The third-order valence-corrected chi connectivity index (χ3v) is 5.54. The van der Waals surface area contributed by atoms with E-state index in [0.29, 0.717) is 5.92 Å². The molecule has 1 saturated heterocycles. The highest BCUT2D eigenvalue weighted by molar-refractivity contribution is 7.09. The number of ether oxygens (including phenoxy) is 2. The normalized spacial score (nSPS) is 16.5. The third-order valence-electron chi connectivity index (χ3n) is 4.63. The van der Waals surface area contributed by atoms with E-state index in [0.717, 1.165) is 71.2 Å². The lowest BCUT2D eigenvalue weighted by Gasteiger charge is -2.21. The quantitative estimate of drug-likeness (QED) is 0.382. The molecule has 0 amide bonds. The predicted molar refractivity (Wildman–Crippen MR) is 113 cm³/mol. The molecule has 0 atom stereocenters. The molecule has 1 aliphatic heterocycles. The van der Waals surface area contributed by atoms with Crippen LogP contribution in [-0.2, 0) is 21.3 Å². The molecule has 0 radical (unpaired) electrons. The van der Waals surface area contributed by atoms with E-state index in [1.165, 1.54) is 10.7 Å². The number of guanidine groups is 1. The first-order valence-electron chi connectivity index (χ1n) is 10.0. The van der Waals surface area contributed by atoms with Crippen LogP contribution in [0.3, 0.4) is 0 Å². The Morgan fingerprint density at radius 3 is 2.70 bits per heavy atom. The topological polar surface area (TPSA) is 67.8 Å². The molecule has 154 valence electrons. The fourth-order valence-electron chi connectivity index (χ4n) is 2.82. The zero-order valence-corrected chi connectivity index (χ0v) is 18.2. The standard InChI is InChI=1S/C20H36N4O2S/c1-20(2,3)17-15-27-18(24-17)6-10-23-19(21-4)22-9-5-11-26-14-16-7-12-25-13-8-16/h15-16H,5-14H2,1-4H3,(H2,21,22,23). The van der Waals surface area contributed by atoms with Crippen LogP contribution in [0.5, 0.6) is 0 Å². The molecule has 27 heavy (non-hydrogen) atoms. The first-order chi connectivity index (χ1) is 13.0. The van der Waals surface area contributed by atoms with E-state index in [1.807, 2.05) is 0 Å². The second-order valence-corrected chi connectivity index (χ2v) is 8.98. The zero-order chi connectivity index (χ0) is 19.5. The van der Waals surface area contributed by atoms with Crippen molar-refractivity contribution in [1.29, 1.82) is 0 Å². The number of hydrogen-bond donors (Lipinski definition) is 2. The van der Waals surface area contributed by atoms with Gasteiger partial charge in [0.2, 0.25) is 0 Å². The lowest BCUT2D eigenvalue weighted by Crippen LogP contribution is -2.39. The number of hydrogen-bond acceptors (Lipinski definition) is 5. The average molecular weight is 397 g/mol. The molecule has 1 aliphatic rings. The monoisotopic (exact) mass is 396 g/mol. The summed E-state index contributed by atoms with van der Waals surface area (Å²) >= 11 is 1.74. The fourth-order valence-corrected chi connectivity index (χ4v) is 3.85. The molecular weight excluding hydrogens is 360 g/mol. The molecule has 0 aliphatic carbocycles. The van der Waals surface area contributed by atoms with Gasteiger partial charge in [0.15, 0.2) is 5.96 Å². The Morgan fingerprint density at radius 2 is 2.04 bits per heavy atom. The molecule has 1 aromatic rings.